The van der Waals surface area contributed by atoms with E-state index in [1.54, 1.807) is 0 Å². The lowest BCUT2D eigenvalue weighted by molar-refractivity contribution is 0.00354. The molecule has 48 valence electrons. The average molecular weight is 144 g/mol. The molecule has 0 fully saturated rings. The van der Waals surface area contributed by atoms with E-state index in [9.17, 15) is 17.7 Å². The van der Waals surface area contributed by atoms with Gasteiger partial charge in [0.05, 0.1) is 0 Å². The van der Waals surface area contributed by atoms with E-state index in [-0.39, 0.29) is 0 Å². The van der Waals surface area contributed by atoms with E-state index in [0.717, 1.165) is 0 Å². The Kier molecular flexibility index (Phi) is 1.88. The van der Waals surface area contributed by atoms with Crippen molar-refractivity contribution in [2.45, 2.75) is 0 Å². The van der Waals surface area contributed by atoms with Gasteiger partial charge in [0, 0.05) is 0 Å². The van der Waals surface area contributed by atoms with E-state index >= 15 is 0 Å². The summed E-state index contributed by atoms with van der Waals surface area (Å²) in [6.45, 7) is 0. The zero-order valence-electron chi connectivity index (χ0n) is 3.37. The second-order valence-corrected chi connectivity index (χ2v) is 2.17. The van der Waals surface area contributed by atoms with Gasteiger partial charge in [-0.05, 0) is 4.53 Å². The molecule has 5 nitrogen and oxygen atoms in total. The van der Waals surface area contributed by atoms with E-state index in [0.29, 0.717) is 0 Å². The fourth-order valence-corrected chi connectivity index (χ4v) is 0.0808. The van der Waals surface area contributed by atoms with Crippen molar-refractivity contribution in [3.63, 3.8) is 0 Å². The highest BCUT2D eigenvalue weighted by molar-refractivity contribution is 8.01. The van der Waals surface area contributed by atoms with Crippen molar-refractivity contribution in [2.24, 2.45) is 0 Å². The Balaban J connectivity index is 4.42. The molecule has 0 saturated carbocycles. The van der Waals surface area contributed by atoms with Crippen LogP contribution >= 0.6 is 0 Å². The van der Waals surface area contributed by atoms with Crippen LogP contribution in [0.5, 0.6) is 0 Å². The van der Waals surface area contributed by atoms with Crippen LogP contribution in [-0.4, -0.2) is 18.8 Å². The maximum Gasteiger partial charge on any atom is 0.452 e. The average Bonchev–Trinajstić information content (AvgIpc) is 1.67. The minimum atomic E-state index is -4.99. The van der Waals surface area contributed by atoms with Crippen molar-refractivity contribution >= 4 is 15.4 Å². The number of halogens is 1. The molecule has 0 saturated heterocycles. The van der Waals surface area contributed by atoms with Crippen molar-refractivity contribution in [1.82, 2.24) is 0 Å². The second-order valence-electron chi connectivity index (χ2n) is 0.783. The topological polar surface area (TPSA) is 80.7 Å². The number of hydrogen-bond donors (Lipinski definition) is 1. The largest absolute Gasteiger partial charge is 0.468 e. The summed E-state index contributed by atoms with van der Waals surface area (Å²) in [6.07, 6.45) is 0. The molecule has 0 aromatic carbocycles. The third-order valence-electron chi connectivity index (χ3n) is 0.297. The number of hydrogen-bond acceptors (Lipinski definition) is 4. The molecule has 0 spiro atoms. The molecule has 0 aliphatic carbocycles. The van der Waals surface area contributed by atoms with E-state index in [1.165, 1.54) is 0 Å². The summed E-state index contributed by atoms with van der Waals surface area (Å²) in [5.41, 5.74) is 0. The standard InChI is InChI=1S/CHFO5S/c2-7-8(5,6)1(3)4/h(H,3,4). The molecule has 8 heavy (non-hydrogen) atoms. The Morgan fingerprint density at radius 2 is 2.00 bits per heavy atom. The first-order valence-electron chi connectivity index (χ1n) is 1.29. The molecule has 0 heterocycles. The first kappa shape index (κ1) is 7.31. The smallest absolute Gasteiger partial charge is 0.452 e. The molecule has 0 aliphatic heterocycles. The molecule has 0 atom stereocenters. The van der Waals surface area contributed by atoms with Crippen LogP contribution in [0, 0.1) is 0 Å². The molecule has 0 aromatic rings. The molecular weight excluding hydrogens is 143 g/mol. The van der Waals surface area contributed by atoms with Crippen LogP contribution in [0.3, 0.4) is 0 Å². The van der Waals surface area contributed by atoms with Crippen molar-refractivity contribution in [2.75, 3.05) is 0 Å². The lowest BCUT2D eigenvalue weighted by Crippen LogP contribution is -2.10. The predicted molar refractivity (Wildman–Crippen MR) is 19.1 cm³/mol. The fourth-order valence-electron chi connectivity index (χ4n) is 0.0269. The highest BCUT2D eigenvalue weighted by atomic mass is 32.2. The Morgan fingerprint density at radius 1 is 1.62 bits per heavy atom. The number of carbonyl (C=O) groups is 1. The summed E-state index contributed by atoms with van der Waals surface area (Å²) in [6, 6.07) is 0. The van der Waals surface area contributed by atoms with Crippen molar-refractivity contribution in [3.05, 3.63) is 0 Å². The third kappa shape index (κ3) is 1.43. The van der Waals surface area contributed by atoms with Gasteiger partial charge in [-0.15, -0.1) is 0 Å². The van der Waals surface area contributed by atoms with Gasteiger partial charge in [0.15, 0.2) is 0 Å². The maximum atomic E-state index is 10.6. The quantitative estimate of drug-likeness (QED) is 0.555. The minimum Gasteiger partial charge on any atom is -0.468 e. The van der Waals surface area contributed by atoms with Gasteiger partial charge < -0.3 is 5.11 Å². The summed E-state index contributed by atoms with van der Waals surface area (Å²) in [5, 5.41) is 5.14. The van der Waals surface area contributed by atoms with Gasteiger partial charge in [0.2, 0.25) is 0 Å². The predicted octanol–water partition coefficient (Wildman–Crippen LogP) is -0.105. The first-order chi connectivity index (χ1) is 3.50. The van der Waals surface area contributed by atoms with Gasteiger partial charge in [0.25, 0.3) is 0 Å². The van der Waals surface area contributed by atoms with Gasteiger partial charge in [-0.25, -0.2) is 4.79 Å². The molecule has 0 aromatic heterocycles. The van der Waals surface area contributed by atoms with Crippen LogP contribution in [0.1, 0.15) is 0 Å². The van der Waals surface area contributed by atoms with Gasteiger partial charge in [-0.3, -0.25) is 0 Å². The number of carboxylic acid groups (broad SMARTS) is 1. The highest BCUT2D eigenvalue weighted by Crippen LogP contribution is 1.92. The van der Waals surface area contributed by atoms with Crippen molar-refractivity contribution in [1.29, 1.82) is 0 Å². The summed E-state index contributed by atoms with van der Waals surface area (Å²) in [7, 11) is -4.99. The monoisotopic (exact) mass is 144 g/mol. The maximum absolute atomic E-state index is 10.6. The third-order valence-corrected chi connectivity index (χ3v) is 0.890. The van der Waals surface area contributed by atoms with Crippen LogP contribution in [-0.2, 0) is 14.5 Å². The molecule has 0 bridgehead atoms. The minimum absolute atomic E-state index is 2.07. The zero-order chi connectivity index (χ0) is 6.78. The van der Waals surface area contributed by atoms with Crippen LogP contribution < -0.4 is 0 Å². The molecule has 0 aliphatic rings. The first-order valence-corrected chi connectivity index (χ1v) is 2.69. The van der Waals surface area contributed by atoms with Crippen LogP contribution in [0.25, 0.3) is 0 Å². The van der Waals surface area contributed by atoms with Gasteiger partial charge in [-0.1, -0.05) is 4.39 Å². The van der Waals surface area contributed by atoms with Crippen LogP contribution in [0.15, 0.2) is 0 Å². The Bertz CT molecular complexity index is 179. The molecule has 0 unspecified atom stereocenters. The summed E-state index contributed by atoms with van der Waals surface area (Å²) >= 11 is 0. The van der Waals surface area contributed by atoms with E-state index in [1.807, 2.05) is 0 Å². The zero-order valence-corrected chi connectivity index (χ0v) is 4.18. The number of rotatable bonds is 1. The van der Waals surface area contributed by atoms with Crippen LogP contribution in [0.4, 0.5) is 9.32 Å². The van der Waals surface area contributed by atoms with Gasteiger partial charge >= 0.3 is 15.4 Å². The van der Waals surface area contributed by atoms with Gasteiger partial charge in [0.1, 0.15) is 0 Å². The van der Waals surface area contributed by atoms with E-state index in [2.05, 4.69) is 4.39 Å². The summed E-state index contributed by atoms with van der Waals surface area (Å²) in [4.78, 5) is 9.30. The molecule has 1 N–H and O–H groups in total. The molecular formula is CHFO5S. The molecule has 7 heteroatoms. The Hall–Kier alpha value is -0.690. The fraction of sp³-hybridized carbons (Fsp3) is 0. The van der Waals surface area contributed by atoms with Crippen molar-refractivity contribution in [3.8, 4) is 0 Å². The highest BCUT2D eigenvalue weighted by Gasteiger charge is 2.22. The van der Waals surface area contributed by atoms with Gasteiger partial charge in [-0.2, -0.15) is 8.42 Å². The van der Waals surface area contributed by atoms with E-state index in [4.69, 9.17) is 5.11 Å². The molecule has 0 rings (SSSR count). The Morgan fingerprint density at radius 3 is 2.00 bits per heavy atom. The summed E-state index contributed by atoms with van der Waals surface area (Å²) < 4.78 is 31.6. The summed E-state index contributed by atoms with van der Waals surface area (Å²) in [5.74, 6) is 0. The second kappa shape index (κ2) is 2.05. The molecule has 0 amide bonds. The molecule has 0 radical (unpaired) electrons. The SMILES string of the molecule is O=C(O)S(=O)(=O)OF. The van der Waals surface area contributed by atoms with Crippen LogP contribution in [0.2, 0.25) is 0 Å². The van der Waals surface area contributed by atoms with Crippen molar-refractivity contribution < 1.29 is 27.2 Å². The normalized spacial score (nSPS) is 11.1. The lowest BCUT2D eigenvalue weighted by Gasteiger charge is -1.83. The Labute approximate surface area is 43.7 Å². The van der Waals surface area contributed by atoms with E-state index < -0.39 is 15.4 Å². The lowest BCUT2D eigenvalue weighted by atomic mass is 11.6.